The predicted molar refractivity (Wildman–Crippen MR) is 74.9 cm³/mol. The van der Waals surface area contributed by atoms with Gasteiger partial charge < -0.3 is 15.3 Å². The van der Waals surface area contributed by atoms with E-state index in [0.29, 0.717) is 17.8 Å². The molecule has 2 atom stereocenters. The van der Waals surface area contributed by atoms with Gasteiger partial charge in [0.15, 0.2) is 0 Å². The van der Waals surface area contributed by atoms with E-state index in [1.165, 1.54) is 5.56 Å². The van der Waals surface area contributed by atoms with Crippen molar-refractivity contribution in [2.24, 2.45) is 0 Å². The van der Waals surface area contributed by atoms with Crippen molar-refractivity contribution in [2.45, 2.75) is 38.3 Å². The van der Waals surface area contributed by atoms with E-state index < -0.39 is 0 Å². The van der Waals surface area contributed by atoms with Gasteiger partial charge in [-0.15, -0.1) is 0 Å². The van der Waals surface area contributed by atoms with E-state index in [1.54, 1.807) is 6.07 Å². The average molecular weight is 248 g/mol. The van der Waals surface area contributed by atoms with Crippen LogP contribution in [-0.4, -0.2) is 36.7 Å². The molecule has 2 unspecified atom stereocenters. The summed E-state index contributed by atoms with van der Waals surface area (Å²) in [5.41, 5.74) is 2.42. The fourth-order valence-electron chi connectivity index (χ4n) is 2.69. The number of hydrogen-bond donors (Lipinski definition) is 2. The van der Waals surface area contributed by atoms with Crippen molar-refractivity contribution in [1.82, 2.24) is 10.2 Å². The molecule has 1 aliphatic rings. The van der Waals surface area contributed by atoms with Crippen LogP contribution in [0.25, 0.3) is 0 Å². The Morgan fingerprint density at radius 1 is 1.44 bits per heavy atom. The summed E-state index contributed by atoms with van der Waals surface area (Å²) in [6.07, 6.45) is 3.23. The summed E-state index contributed by atoms with van der Waals surface area (Å²) in [4.78, 5) is 2.21. The molecule has 0 aromatic heterocycles. The van der Waals surface area contributed by atoms with Gasteiger partial charge in [-0.1, -0.05) is 12.1 Å². The standard InChI is InChI=1S/C15H24N2O/c1-11(9-10-17(2)3)16-14-8-7-13-12(14)5-4-6-15(13)18/h4-6,11,14,16,18H,7-10H2,1-3H3. The molecule has 0 bridgehead atoms. The van der Waals surface area contributed by atoms with Gasteiger partial charge in [0.25, 0.3) is 0 Å². The Morgan fingerprint density at radius 2 is 2.22 bits per heavy atom. The summed E-state index contributed by atoms with van der Waals surface area (Å²) < 4.78 is 0. The molecule has 1 aromatic rings. The molecule has 2 rings (SSSR count). The van der Waals surface area contributed by atoms with Crippen molar-refractivity contribution in [1.29, 1.82) is 0 Å². The third-order valence-corrected chi connectivity index (χ3v) is 3.74. The summed E-state index contributed by atoms with van der Waals surface area (Å²) >= 11 is 0. The molecule has 0 saturated carbocycles. The Bertz CT molecular complexity index is 403. The first-order valence-electron chi connectivity index (χ1n) is 6.79. The summed E-state index contributed by atoms with van der Waals surface area (Å²) in [7, 11) is 4.21. The first-order chi connectivity index (χ1) is 8.58. The molecule has 0 spiro atoms. The average Bonchev–Trinajstić information content (AvgIpc) is 2.72. The second-order valence-electron chi connectivity index (χ2n) is 5.60. The number of nitrogens with one attached hydrogen (secondary N) is 1. The first-order valence-corrected chi connectivity index (χ1v) is 6.79. The number of aromatic hydroxyl groups is 1. The molecule has 3 heteroatoms. The SMILES string of the molecule is CC(CCN(C)C)NC1CCc2c(O)cccc21. The van der Waals surface area contributed by atoms with Gasteiger partial charge in [0.2, 0.25) is 0 Å². The van der Waals surface area contributed by atoms with E-state index in [-0.39, 0.29) is 0 Å². The number of fused-ring (bicyclic) bond motifs is 1. The fraction of sp³-hybridized carbons (Fsp3) is 0.600. The van der Waals surface area contributed by atoms with Crippen molar-refractivity contribution >= 4 is 0 Å². The van der Waals surface area contributed by atoms with Gasteiger partial charge in [0.1, 0.15) is 5.75 Å². The molecule has 18 heavy (non-hydrogen) atoms. The van der Waals surface area contributed by atoms with Gasteiger partial charge in [-0.25, -0.2) is 0 Å². The van der Waals surface area contributed by atoms with Crippen LogP contribution in [0.1, 0.15) is 36.9 Å². The summed E-state index contributed by atoms with van der Waals surface area (Å²) in [5.74, 6) is 0.456. The molecule has 0 aliphatic heterocycles. The second kappa shape index (κ2) is 5.72. The summed E-state index contributed by atoms with van der Waals surface area (Å²) in [5, 5.41) is 13.5. The van der Waals surface area contributed by atoms with Gasteiger partial charge >= 0.3 is 0 Å². The lowest BCUT2D eigenvalue weighted by Gasteiger charge is -2.22. The van der Waals surface area contributed by atoms with Gasteiger partial charge in [-0.05, 0) is 64.0 Å². The molecular formula is C15H24N2O. The highest BCUT2D eigenvalue weighted by atomic mass is 16.3. The number of phenolic OH excluding ortho intramolecular Hbond substituents is 1. The fourth-order valence-corrected chi connectivity index (χ4v) is 2.69. The Balaban J connectivity index is 1.95. The van der Waals surface area contributed by atoms with Crippen LogP contribution in [0.2, 0.25) is 0 Å². The zero-order chi connectivity index (χ0) is 13.1. The van der Waals surface area contributed by atoms with Gasteiger partial charge in [-0.2, -0.15) is 0 Å². The lowest BCUT2D eigenvalue weighted by molar-refractivity contribution is 0.349. The molecule has 2 N–H and O–H groups in total. The number of nitrogens with zero attached hydrogens (tertiary/aromatic N) is 1. The first kappa shape index (κ1) is 13.4. The Hall–Kier alpha value is -1.06. The van der Waals surface area contributed by atoms with Crippen LogP contribution in [0.3, 0.4) is 0 Å². The van der Waals surface area contributed by atoms with Crippen LogP contribution >= 0.6 is 0 Å². The van der Waals surface area contributed by atoms with Crippen molar-refractivity contribution in [3.05, 3.63) is 29.3 Å². The molecule has 0 fully saturated rings. The van der Waals surface area contributed by atoms with E-state index in [1.807, 2.05) is 6.07 Å². The van der Waals surface area contributed by atoms with Crippen LogP contribution in [0.15, 0.2) is 18.2 Å². The molecule has 1 aromatic carbocycles. The quantitative estimate of drug-likeness (QED) is 0.839. The van der Waals surface area contributed by atoms with Crippen molar-refractivity contribution in [3.63, 3.8) is 0 Å². The van der Waals surface area contributed by atoms with Crippen LogP contribution in [0.4, 0.5) is 0 Å². The molecule has 0 radical (unpaired) electrons. The molecular weight excluding hydrogens is 224 g/mol. The lowest BCUT2D eigenvalue weighted by Crippen LogP contribution is -2.32. The second-order valence-corrected chi connectivity index (χ2v) is 5.60. The third kappa shape index (κ3) is 3.03. The smallest absolute Gasteiger partial charge is 0.119 e. The number of phenols is 1. The highest BCUT2D eigenvalue weighted by Gasteiger charge is 2.25. The summed E-state index contributed by atoms with van der Waals surface area (Å²) in [6.45, 7) is 3.35. The van der Waals surface area contributed by atoms with E-state index in [9.17, 15) is 5.11 Å². The minimum absolute atomic E-state index is 0.407. The van der Waals surface area contributed by atoms with Crippen molar-refractivity contribution in [3.8, 4) is 5.75 Å². The van der Waals surface area contributed by atoms with Crippen molar-refractivity contribution in [2.75, 3.05) is 20.6 Å². The largest absolute Gasteiger partial charge is 0.508 e. The minimum atomic E-state index is 0.407. The maximum absolute atomic E-state index is 9.82. The third-order valence-electron chi connectivity index (χ3n) is 3.74. The number of rotatable bonds is 5. The zero-order valence-corrected chi connectivity index (χ0v) is 11.6. The topological polar surface area (TPSA) is 35.5 Å². The normalized spacial score (nSPS) is 20.1. The molecule has 0 amide bonds. The summed E-state index contributed by atoms with van der Waals surface area (Å²) in [6, 6.07) is 6.78. The zero-order valence-electron chi connectivity index (χ0n) is 11.6. The van der Waals surface area contributed by atoms with E-state index in [2.05, 4.69) is 37.3 Å². The highest BCUT2D eigenvalue weighted by molar-refractivity contribution is 5.44. The monoisotopic (exact) mass is 248 g/mol. The van der Waals surface area contributed by atoms with Gasteiger partial charge in [-0.3, -0.25) is 0 Å². The van der Waals surface area contributed by atoms with Crippen LogP contribution in [0, 0.1) is 0 Å². The molecule has 0 heterocycles. The van der Waals surface area contributed by atoms with Gasteiger partial charge in [0.05, 0.1) is 0 Å². The van der Waals surface area contributed by atoms with Gasteiger partial charge in [0, 0.05) is 12.1 Å². The molecule has 3 nitrogen and oxygen atoms in total. The molecule has 100 valence electrons. The maximum Gasteiger partial charge on any atom is 0.119 e. The number of benzene rings is 1. The highest BCUT2D eigenvalue weighted by Crippen LogP contribution is 2.36. The minimum Gasteiger partial charge on any atom is -0.508 e. The van der Waals surface area contributed by atoms with Crippen LogP contribution < -0.4 is 5.32 Å². The predicted octanol–water partition coefficient (Wildman–Crippen LogP) is 2.31. The van der Waals surface area contributed by atoms with Crippen LogP contribution in [-0.2, 0) is 6.42 Å². The maximum atomic E-state index is 9.82. The molecule has 0 saturated heterocycles. The Morgan fingerprint density at radius 3 is 2.94 bits per heavy atom. The van der Waals surface area contributed by atoms with E-state index >= 15 is 0 Å². The van der Waals surface area contributed by atoms with Crippen molar-refractivity contribution < 1.29 is 5.11 Å². The number of hydrogen-bond acceptors (Lipinski definition) is 3. The van der Waals surface area contributed by atoms with Crippen LogP contribution in [0.5, 0.6) is 5.75 Å². The Kier molecular flexibility index (Phi) is 4.25. The molecule has 1 aliphatic carbocycles. The van der Waals surface area contributed by atoms with E-state index in [4.69, 9.17) is 0 Å². The van der Waals surface area contributed by atoms with E-state index in [0.717, 1.165) is 31.4 Å². The lowest BCUT2D eigenvalue weighted by atomic mass is 10.1. The Labute approximate surface area is 110 Å².